The maximum Gasteiger partial charge on any atom is 0.328 e. The van der Waals surface area contributed by atoms with E-state index in [1.807, 2.05) is 25.1 Å². The van der Waals surface area contributed by atoms with Gasteiger partial charge >= 0.3 is 5.97 Å². The molecule has 0 saturated carbocycles. The molecular weight excluding hydrogens is 252 g/mol. The number of carboxylic acids is 1. The Balaban J connectivity index is 2.41. The molecule has 4 nitrogen and oxygen atoms in total. The molecule has 0 spiro atoms. The number of benzene rings is 1. The van der Waals surface area contributed by atoms with Crippen molar-refractivity contribution in [1.29, 1.82) is 0 Å². The summed E-state index contributed by atoms with van der Waals surface area (Å²) in [5.74, 6) is -0.375. The second-order valence-electron chi connectivity index (χ2n) is 3.75. The minimum absolute atomic E-state index is 0.590. The first-order chi connectivity index (χ1) is 8.58. The molecule has 0 fully saturated rings. The van der Waals surface area contributed by atoms with Crippen molar-refractivity contribution in [2.75, 3.05) is 0 Å². The molecule has 1 heterocycles. The third-order valence-corrected chi connectivity index (χ3v) is 2.76. The summed E-state index contributed by atoms with van der Waals surface area (Å²) in [7, 11) is 0. The standard InChI is InChI=1S/C13H11ClN2O2/c1-8-11(6-7-12(17)18)16-13(15-8)9-4-2-3-5-10(9)14/h2-7H,1H3,(H,15,16)(H,17,18)/b7-6+. The second-order valence-corrected chi connectivity index (χ2v) is 4.15. The van der Waals surface area contributed by atoms with Crippen LogP contribution in [0.3, 0.4) is 0 Å². The van der Waals surface area contributed by atoms with Crippen LogP contribution in [0.2, 0.25) is 5.02 Å². The lowest BCUT2D eigenvalue weighted by Crippen LogP contribution is -1.86. The van der Waals surface area contributed by atoms with Crippen LogP contribution in [0.15, 0.2) is 30.3 Å². The predicted molar refractivity (Wildman–Crippen MR) is 70.4 cm³/mol. The van der Waals surface area contributed by atoms with Crippen molar-refractivity contribution >= 4 is 23.6 Å². The molecule has 2 N–H and O–H groups in total. The van der Waals surface area contributed by atoms with Crippen LogP contribution >= 0.6 is 11.6 Å². The van der Waals surface area contributed by atoms with E-state index < -0.39 is 5.97 Å². The van der Waals surface area contributed by atoms with E-state index in [-0.39, 0.29) is 0 Å². The lowest BCUT2D eigenvalue weighted by atomic mass is 10.2. The Kier molecular flexibility index (Phi) is 3.48. The number of aromatic nitrogens is 2. The fraction of sp³-hybridized carbons (Fsp3) is 0.0769. The van der Waals surface area contributed by atoms with Gasteiger partial charge in [-0.15, -0.1) is 0 Å². The smallest absolute Gasteiger partial charge is 0.328 e. The largest absolute Gasteiger partial charge is 0.478 e. The van der Waals surface area contributed by atoms with Crippen molar-refractivity contribution in [2.24, 2.45) is 0 Å². The SMILES string of the molecule is Cc1[nH]c(-c2ccccc2Cl)nc1/C=C/C(=O)O. The predicted octanol–water partition coefficient (Wildman–Crippen LogP) is 3.14. The van der Waals surface area contributed by atoms with Gasteiger partial charge in [-0.25, -0.2) is 9.78 Å². The number of imidazole rings is 1. The Bertz CT molecular complexity index is 617. The fourth-order valence-electron chi connectivity index (χ4n) is 1.57. The van der Waals surface area contributed by atoms with Gasteiger partial charge in [0.15, 0.2) is 0 Å². The summed E-state index contributed by atoms with van der Waals surface area (Å²) in [6, 6.07) is 7.34. The van der Waals surface area contributed by atoms with Crippen molar-refractivity contribution in [3.63, 3.8) is 0 Å². The number of aryl methyl sites for hydroxylation is 1. The summed E-state index contributed by atoms with van der Waals surface area (Å²) in [4.78, 5) is 17.9. The van der Waals surface area contributed by atoms with Gasteiger partial charge < -0.3 is 10.1 Å². The molecular formula is C13H11ClN2O2. The summed E-state index contributed by atoms with van der Waals surface area (Å²) < 4.78 is 0. The Morgan fingerprint density at radius 1 is 1.44 bits per heavy atom. The third-order valence-electron chi connectivity index (χ3n) is 2.44. The van der Waals surface area contributed by atoms with Gasteiger partial charge in [-0.3, -0.25) is 0 Å². The van der Waals surface area contributed by atoms with Gasteiger partial charge in [-0.1, -0.05) is 23.7 Å². The molecule has 18 heavy (non-hydrogen) atoms. The monoisotopic (exact) mass is 262 g/mol. The second kappa shape index (κ2) is 5.06. The number of carbonyl (C=O) groups is 1. The Hall–Kier alpha value is -2.07. The Morgan fingerprint density at radius 3 is 2.83 bits per heavy atom. The fourth-order valence-corrected chi connectivity index (χ4v) is 1.79. The van der Waals surface area contributed by atoms with Crippen LogP contribution in [0.25, 0.3) is 17.5 Å². The lowest BCUT2D eigenvalue weighted by Gasteiger charge is -1.98. The van der Waals surface area contributed by atoms with Crippen molar-refractivity contribution in [1.82, 2.24) is 9.97 Å². The van der Waals surface area contributed by atoms with Gasteiger partial charge in [0.25, 0.3) is 0 Å². The van der Waals surface area contributed by atoms with Crippen LogP contribution < -0.4 is 0 Å². The molecule has 0 aliphatic rings. The van der Waals surface area contributed by atoms with Gasteiger partial charge in [0, 0.05) is 17.3 Å². The van der Waals surface area contributed by atoms with Crippen LogP contribution in [0.1, 0.15) is 11.4 Å². The zero-order valence-corrected chi connectivity index (χ0v) is 10.4. The first-order valence-corrected chi connectivity index (χ1v) is 5.68. The number of carboxylic acid groups (broad SMARTS) is 1. The van der Waals surface area contributed by atoms with E-state index in [2.05, 4.69) is 9.97 Å². The summed E-state index contributed by atoms with van der Waals surface area (Å²) in [6.07, 6.45) is 2.51. The van der Waals surface area contributed by atoms with E-state index in [0.29, 0.717) is 16.5 Å². The molecule has 0 amide bonds. The number of hydrogen-bond donors (Lipinski definition) is 2. The minimum atomic E-state index is -1.00. The molecule has 2 rings (SSSR count). The molecule has 0 unspecified atom stereocenters. The lowest BCUT2D eigenvalue weighted by molar-refractivity contribution is -0.131. The summed E-state index contributed by atoms with van der Waals surface area (Å²) in [6.45, 7) is 1.83. The highest BCUT2D eigenvalue weighted by Crippen LogP contribution is 2.26. The number of halogens is 1. The minimum Gasteiger partial charge on any atom is -0.478 e. The maximum atomic E-state index is 10.5. The highest BCUT2D eigenvalue weighted by Gasteiger charge is 2.09. The number of nitrogens with one attached hydrogen (secondary N) is 1. The average molecular weight is 263 g/mol. The first-order valence-electron chi connectivity index (χ1n) is 5.30. The zero-order chi connectivity index (χ0) is 13.1. The maximum absolute atomic E-state index is 10.5. The number of rotatable bonds is 3. The average Bonchev–Trinajstić information content (AvgIpc) is 2.68. The van der Waals surface area contributed by atoms with Gasteiger partial charge in [0.05, 0.1) is 10.7 Å². The highest BCUT2D eigenvalue weighted by atomic mass is 35.5. The molecule has 2 aromatic rings. The van der Waals surface area contributed by atoms with Crippen LogP contribution in [0, 0.1) is 6.92 Å². The molecule has 92 valence electrons. The number of H-pyrrole nitrogens is 1. The third kappa shape index (κ3) is 2.60. The van der Waals surface area contributed by atoms with E-state index in [9.17, 15) is 4.79 Å². The molecule has 0 radical (unpaired) electrons. The van der Waals surface area contributed by atoms with Crippen molar-refractivity contribution in [3.8, 4) is 11.4 Å². The molecule has 0 atom stereocenters. The molecule has 0 aliphatic carbocycles. The Labute approximate surface area is 109 Å². The molecule has 5 heteroatoms. The summed E-state index contributed by atoms with van der Waals surface area (Å²) >= 11 is 6.08. The van der Waals surface area contributed by atoms with E-state index >= 15 is 0 Å². The molecule has 0 saturated heterocycles. The topological polar surface area (TPSA) is 66.0 Å². The van der Waals surface area contributed by atoms with Crippen molar-refractivity contribution < 1.29 is 9.90 Å². The molecule has 1 aromatic carbocycles. The first kappa shape index (κ1) is 12.4. The van der Waals surface area contributed by atoms with Crippen molar-refractivity contribution in [3.05, 3.63) is 46.8 Å². The van der Waals surface area contributed by atoms with Gasteiger partial charge in [-0.2, -0.15) is 0 Å². The van der Waals surface area contributed by atoms with Gasteiger partial charge in [0.1, 0.15) is 5.82 Å². The van der Waals surface area contributed by atoms with E-state index in [4.69, 9.17) is 16.7 Å². The van der Waals surface area contributed by atoms with Crippen LogP contribution in [0.5, 0.6) is 0 Å². The van der Waals surface area contributed by atoms with Crippen LogP contribution in [-0.2, 0) is 4.79 Å². The summed E-state index contributed by atoms with van der Waals surface area (Å²) in [5.41, 5.74) is 2.17. The van der Waals surface area contributed by atoms with Gasteiger partial charge in [-0.05, 0) is 25.1 Å². The number of aromatic amines is 1. The van der Waals surface area contributed by atoms with Crippen LogP contribution in [0.4, 0.5) is 0 Å². The molecule has 0 aliphatic heterocycles. The van der Waals surface area contributed by atoms with Crippen molar-refractivity contribution in [2.45, 2.75) is 6.92 Å². The number of aliphatic carboxylic acids is 1. The molecule has 1 aromatic heterocycles. The van der Waals surface area contributed by atoms with E-state index in [0.717, 1.165) is 17.3 Å². The molecule has 0 bridgehead atoms. The summed E-state index contributed by atoms with van der Waals surface area (Å²) in [5, 5.41) is 9.18. The number of nitrogens with zero attached hydrogens (tertiary/aromatic N) is 1. The van der Waals surface area contributed by atoms with E-state index in [1.54, 1.807) is 6.07 Å². The number of hydrogen-bond acceptors (Lipinski definition) is 2. The normalized spacial score (nSPS) is 11.0. The van der Waals surface area contributed by atoms with Crippen LogP contribution in [-0.4, -0.2) is 21.0 Å². The quantitative estimate of drug-likeness (QED) is 0.835. The van der Waals surface area contributed by atoms with E-state index in [1.165, 1.54) is 6.08 Å². The zero-order valence-electron chi connectivity index (χ0n) is 9.64. The van der Waals surface area contributed by atoms with Gasteiger partial charge in [0.2, 0.25) is 0 Å². The Morgan fingerprint density at radius 2 is 2.17 bits per heavy atom. The highest BCUT2D eigenvalue weighted by molar-refractivity contribution is 6.33.